The van der Waals surface area contributed by atoms with Gasteiger partial charge in [0.15, 0.2) is 0 Å². The van der Waals surface area contributed by atoms with E-state index in [9.17, 15) is 9.59 Å². The normalized spacial score (nSPS) is 14.6. The van der Waals surface area contributed by atoms with Gasteiger partial charge in [-0.1, -0.05) is 30.3 Å². The number of hydrogen-bond acceptors (Lipinski definition) is 3. The maximum Gasteiger partial charge on any atom is 0.257 e. The van der Waals surface area contributed by atoms with Crippen molar-refractivity contribution in [3.8, 4) is 0 Å². The number of amides is 2. The Kier molecular flexibility index (Phi) is 4.71. The molecule has 0 aliphatic carbocycles. The summed E-state index contributed by atoms with van der Waals surface area (Å²) in [6.07, 6.45) is 2.69. The van der Waals surface area contributed by atoms with Gasteiger partial charge in [-0.05, 0) is 36.6 Å². The summed E-state index contributed by atoms with van der Waals surface area (Å²) in [4.78, 5) is 26.6. The molecule has 4 rings (SSSR count). The molecule has 1 aliphatic heterocycles. The number of piperidine rings is 1. The number of nitrogens with zero attached hydrogens (tertiary/aromatic N) is 1. The molecule has 3 aromatic rings. The van der Waals surface area contributed by atoms with Gasteiger partial charge in [-0.25, -0.2) is 0 Å². The molecule has 0 spiro atoms. The van der Waals surface area contributed by atoms with Crippen LogP contribution in [0.5, 0.6) is 0 Å². The lowest BCUT2D eigenvalue weighted by Gasteiger charge is -2.26. The molecule has 2 heterocycles. The van der Waals surface area contributed by atoms with Crippen LogP contribution in [-0.4, -0.2) is 23.3 Å². The first kappa shape index (κ1) is 16.8. The van der Waals surface area contributed by atoms with Crippen molar-refractivity contribution in [2.24, 2.45) is 0 Å². The Morgan fingerprint density at radius 1 is 1.12 bits per heavy atom. The summed E-state index contributed by atoms with van der Waals surface area (Å²) in [5, 5.41) is 5.87. The summed E-state index contributed by atoms with van der Waals surface area (Å²) in [5.41, 5.74) is 2.49. The zero-order chi connectivity index (χ0) is 17.9. The van der Waals surface area contributed by atoms with Gasteiger partial charge in [0.05, 0.1) is 5.56 Å². The van der Waals surface area contributed by atoms with Gasteiger partial charge in [-0.15, -0.1) is 11.3 Å². The molecule has 4 nitrogen and oxygen atoms in total. The molecule has 26 heavy (non-hydrogen) atoms. The molecule has 0 atom stereocenters. The number of thiophene rings is 1. The summed E-state index contributed by atoms with van der Waals surface area (Å²) in [7, 11) is 0. The van der Waals surface area contributed by atoms with Gasteiger partial charge < -0.3 is 10.2 Å². The molecule has 1 saturated heterocycles. The zero-order valence-electron chi connectivity index (χ0n) is 14.4. The van der Waals surface area contributed by atoms with Gasteiger partial charge in [0.1, 0.15) is 0 Å². The Morgan fingerprint density at radius 2 is 2.00 bits per heavy atom. The molecule has 132 valence electrons. The fourth-order valence-electron chi connectivity index (χ4n) is 3.35. The van der Waals surface area contributed by atoms with Crippen molar-refractivity contribution in [3.05, 3.63) is 65.0 Å². The summed E-state index contributed by atoms with van der Waals surface area (Å²) < 4.78 is 1.11. The predicted molar refractivity (Wildman–Crippen MR) is 105 cm³/mol. The van der Waals surface area contributed by atoms with Crippen LogP contribution in [0.3, 0.4) is 0 Å². The van der Waals surface area contributed by atoms with Gasteiger partial charge in [0.2, 0.25) is 5.91 Å². The van der Waals surface area contributed by atoms with Crippen LogP contribution in [0, 0.1) is 0 Å². The molecule has 0 saturated carbocycles. The van der Waals surface area contributed by atoms with Crippen molar-refractivity contribution in [2.45, 2.75) is 25.8 Å². The number of rotatable bonds is 4. The first-order chi connectivity index (χ1) is 12.7. The van der Waals surface area contributed by atoms with E-state index in [1.54, 1.807) is 11.3 Å². The van der Waals surface area contributed by atoms with Crippen LogP contribution in [0.25, 0.3) is 10.1 Å². The molecule has 5 heteroatoms. The number of likely N-dealkylation sites (tertiary alicyclic amines) is 1. The van der Waals surface area contributed by atoms with Gasteiger partial charge in [0, 0.05) is 40.7 Å². The third-order valence-corrected chi connectivity index (χ3v) is 5.67. The molecule has 0 unspecified atom stereocenters. The molecule has 1 N–H and O–H groups in total. The summed E-state index contributed by atoms with van der Waals surface area (Å²) >= 11 is 1.57. The Labute approximate surface area is 156 Å². The van der Waals surface area contributed by atoms with E-state index >= 15 is 0 Å². The van der Waals surface area contributed by atoms with Gasteiger partial charge in [-0.3, -0.25) is 9.59 Å². The third kappa shape index (κ3) is 3.48. The van der Waals surface area contributed by atoms with Crippen LogP contribution in [0.2, 0.25) is 0 Å². The van der Waals surface area contributed by atoms with E-state index in [1.165, 1.54) is 0 Å². The van der Waals surface area contributed by atoms with Gasteiger partial charge in [-0.2, -0.15) is 0 Å². The quantitative estimate of drug-likeness (QED) is 0.731. The number of benzene rings is 2. The largest absolute Gasteiger partial charge is 0.338 e. The van der Waals surface area contributed by atoms with E-state index in [-0.39, 0.29) is 11.8 Å². The average Bonchev–Trinajstić information content (AvgIpc) is 3.08. The number of anilines is 1. The molecule has 0 radical (unpaired) electrons. The lowest BCUT2D eigenvalue weighted by atomic mass is 10.1. The standard InChI is InChI=1S/C21H20N2O2S/c24-20-10-3-4-11-23(20)13-15-6-5-7-16(12-15)22-21(25)18-14-26-19-9-2-1-8-17(18)19/h1-2,5-9,12,14H,3-4,10-11,13H2,(H,22,25). The number of fused-ring (bicyclic) bond motifs is 1. The van der Waals surface area contributed by atoms with Crippen LogP contribution < -0.4 is 5.32 Å². The summed E-state index contributed by atoms with van der Waals surface area (Å²) in [6, 6.07) is 15.7. The van der Waals surface area contributed by atoms with Crippen molar-refractivity contribution in [3.63, 3.8) is 0 Å². The topological polar surface area (TPSA) is 49.4 Å². The SMILES string of the molecule is O=C(Nc1cccc(CN2CCCCC2=O)c1)c1csc2ccccc12. The lowest BCUT2D eigenvalue weighted by molar-refractivity contribution is -0.133. The highest BCUT2D eigenvalue weighted by Crippen LogP contribution is 2.26. The van der Waals surface area contributed by atoms with Crippen LogP contribution in [-0.2, 0) is 11.3 Å². The Bertz CT molecular complexity index is 963. The lowest BCUT2D eigenvalue weighted by Crippen LogP contribution is -2.34. The number of carbonyl (C=O) groups is 2. The van der Waals surface area contributed by atoms with Crippen LogP contribution in [0.1, 0.15) is 35.2 Å². The first-order valence-corrected chi connectivity index (χ1v) is 9.73. The minimum atomic E-state index is -0.103. The highest BCUT2D eigenvalue weighted by molar-refractivity contribution is 7.17. The van der Waals surface area contributed by atoms with Gasteiger partial charge in [0.25, 0.3) is 5.91 Å². The van der Waals surface area contributed by atoms with Crippen LogP contribution >= 0.6 is 11.3 Å². The van der Waals surface area contributed by atoms with Crippen molar-refractivity contribution in [1.29, 1.82) is 0 Å². The maximum atomic E-state index is 12.7. The molecule has 2 aromatic carbocycles. The zero-order valence-corrected chi connectivity index (χ0v) is 15.2. The van der Waals surface area contributed by atoms with E-state index in [0.29, 0.717) is 18.5 Å². The Morgan fingerprint density at radius 3 is 2.88 bits per heavy atom. The molecule has 0 bridgehead atoms. The number of carbonyl (C=O) groups excluding carboxylic acids is 2. The molecule has 1 fully saturated rings. The molecule has 1 aliphatic rings. The number of nitrogens with one attached hydrogen (secondary N) is 1. The minimum absolute atomic E-state index is 0.103. The summed E-state index contributed by atoms with van der Waals surface area (Å²) in [5.74, 6) is 0.115. The van der Waals surface area contributed by atoms with E-state index in [2.05, 4.69) is 5.32 Å². The van der Waals surface area contributed by atoms with Crippen molar-refractivity contribution in [2.75, 3.05) is 11.9 Å². The van der Waals surface area contributed by atoms with Crippen LogP contribution in [0.15, 0.2) is 53.9 Å². The van der Waals surface area contributed by atoms with E-state index < -0.39 is 0 Å². The highest BCUT2D eigenvalue weighted by atomic mass is 32.1. The smallest absolute Gasteiger partial charge is 0.257 e. The second-order valence-corrected chi connectivity index (χ2v) is 7.48. The van der Waals surface area contributed by atoms with E-state index in [4.69, 9.17) is 0 Å². The average molecular weight is 364 g/mol. The van der Waals surface area contributed by atoms with Crippen molar-refractivity contribution in [1.82, 2.24) is 4.90 Å². The van der Waals surface area contributed by atoms with Crippen molar-refractivity contribution < 1.29 is 9.59 Å². The minimum Gasteiger partial charge on any atom is -0.338 e. The monoisotopic (exact) mass is 364 g/mol. The predicted octanol–water partition coefficient (Wildman–Crippen LogP) is 4.67. The highest BCUT2D eigenvalue weighted by Gasteiger charge is 2.18. The second-order valence-electron chi connectivity index (χ2n) is 6.57. The second kappa shape index (κ2) is 7.30. The fourth-order valence-corrected chi connectivity index (χ4v) is 4.29. The number of hydrogen-bond donors (Lipinski definition) is 1. The Balaban J connectivity index is 1.50. The fraction of sp³-hybridized carbons (Fsp3) is 0.238. The van der Waals surface area contributed by atoms with E-state index in [0.717, 1.165) is 40.7 Å². The maximum absolute atomic E-state index is 12.7. The van der Waals surface area contributed by atoms with E-state index in [1.807, 2.05) is 58.8 Å². The molecule has 1 aromatic heterocycles. The van der Waals surface area contributed by atoms with Crippen molar-refractivity contribution >= 4 is 38.9 Å². The molecule has 2 amide bonds. The molecular formula is C21H20N2O2S. The summed E-state index contributed by atoms with van der Waals surface area (Å²) in [6.45, 7) is 1.42. The van der Waals surface area contributed by atoms with Crippen LogP contribution in [0.4, 0.5) is 5.69 Å². The Hall–Kier alpha value is -2.66. The third-order valence-electron chi connectivity index (χ3n) is 4.71. The first-order valence-electron chi connectivity index (χ1n) is 8.85. The molecular weight excluding hydrogens is 344 g/mol. The van der Waals surface area contributed by atoms with Gasteiger partial charge >= 0.3 is 0 Å².